The zero-order valence-corrected chi connectivity index (χ0v) is 14.6. The van der Waals surface area contributed by atoms with E-state index >= 15 is 0 Å². The van der Waals surface area contributed by atoms with Gasteiger partial charge in [0.15, 0.2) is 0 Å². The van der Waals surface area contributed by atoms with Crippen LogP contribution in [0.2, 0.25) is 10.0 Å². The number of carbonyl (C=O) groups excluding carboxylic acids is 1. The van der Waals surface area contributed by atoms with Gasteiger partial charge in [0, 0.05) is 16.1 Å². The van der Waals surface area contributed by atoms with Crippen molar-refractivity contribution in [2.24, 2.45) is 5.10 Å². The first-order valence-corrected chi connectivity index (χ1v) is 7.93. The summed E-state index contributed by atoms with van der Waals surface area (Å²) in [6.07, 6.45) is 0. The van der Waals surface area contributed by atoms with E-state index in [0.29, 0.717) is 34.2 Å². The lowest BCUT2D eigenvalue weighted by Crippen LogP contribution is -2.19. The Bertz CT molecular complexity index is 774. The maximum absolute atomic E-state index is 12.1. The van der Waals surface area contributed by atoms with Crippen molar-refractivity contribution in [3.63, 3.8) is 0 Å². The molecule has 24 heavy (non-hydrogen) atoms. The van der Waals surface area contributed by atoms with Gasteiger partial charge in [-0.3, -0.25) is 4.79 Å². The Kier molecular flexibility index (Phi) is 6.06. The van der Waals surface area contributed by atoms with Crippen LogP contribution in [0.4, 0.5) is 0 Å². The fourth-order valence-corrected chi connectivity index (χ4v) is 2.46. The highest BCUT2D eigenvalue weighted by molar-refractivity contribution is 6.36. The largest absolute Gasteiger partial charge is 0.506 e. The van der Waals surface area contributed by atoms with Gasteiger partial charge in [-0.15, -0.1) is 0 Å². The highest BCUT2D eigenvalue weighted by Gasteiger charge is 2.11. The second kappa shape index (κ2) is 8.04. The maximum atomic E-state index is 12.1. The topological polar surface area (TPSA) is 70.9 Å². The molecule has 0 aromatic heterocycles. The van der Waals surface area contributed by atoms with Gasteiger partial charge in [0.25, 0.3) is 5.91 Å². The molecule has 0 saturated carbocycles. The molecule has 0 unspecified atom stereocenters. The van der Waals surface area contributed by atoms with Crippen LogP contribution in [0.3, 0.4) is 0 Å². The number of nitrogens with zero attached hydrogens (tertiary/aromatic N) is 1. The van der Waals surface area contributed by atoms with Crippen LogP contribution in [0.25, 0.3) is 0 Å². The van der Waals surface area contributed by atoms with Crippen molar-refractivity contribution in [3.8, 4) is 11.5 Å². The molecule has 2 N–H and O–H groups in total. The number of carbonyl (C=O) groups is 1. The summed E-state index contributed by atoms with van der Waals surface area (Å²) in [4.78, 5) is 12.1. The Morgan fingerprint density at radius 1 is 1.25 bits per heavy atom. The van der Waals surface area contributed by atoms with Crippen LogP contribution in [0.1, 0.15) is 29.8 Å². The SMILES string of the molecule is CCOc1ccc(C(=O)N/N=C(\C)c2cc(Cl)cc(Cl)c2O)cc1. The second-order valence-electron chi connectivity index (χ2n) is 4.88. The van der Waals surface area contributed by atoms with Crippen LogP contribution in [0.5, 0.6) is 11.5 Å². The highest BCUT2D eigenvalue weighted by Crippen LogP contribution is 2.31. The molecule has 0 fully saturated rings. The molecule has 2 aromatic rings. The summed E-state index contributed by atoms with van der Waals surface area (Å²) in [7, 11) is 0. The van der Waals surface area contributed by atoms with Gasteiger partial charge in [-0.25, -0.2) is 5.43 Å². The van der Waals surface area contributed by atoms with Crippen molar-refractivity contribution < 1.29 is 14.6 Å². The minimum absolute atomic E-state index is 0.116. The van der Waals surface area contributed by atoms with E-state index in [0.717, 1.165) is 0 Å². The number of phenols is 1. The Balaban J connectivity index is 2.13. The van der Waals surface area contributed by atoms with Gasteiger partial charge < -0.3 is 9.84 Å². The standard InChI is InChI=1S/C17H16Cl2N2O3/c1-3-24-13-6-4-11(5-7-13)17(23)21-20-10(2)14-8-12(18)9-15(19)16(14)22/h4-9,22H,3H2,1-2H3,(H,21,23)/b20-10+. The van der Waals surface area contributed by atoms with E-state index in [1.807, 2.05) is 6.92 Å². The van der Waals surface area contributed by atoms with Crippen molar-refractivity contribution in [1.82, 2.24) is 5.43 Å². The number of amides is 1. The minimum Gasteiger partial charge on any atom is -0.506 e. The highest BCUT2D eigenvalue weighted by atomic mass is 35.5. The van der Waals surface area contributed by atoms with E-state index in [1.54, 1.807) is 31.2 Å². The van der Waals surface area contributed by atoms with Crippen LogP contribution in [-0.2, 0) is 0 Å². The van der Waals surface area contributed by atoms with E-state index in [9.17, 15) is 9.90 Å². The molecule has 0 atom stereocenters. The van der Waals surface area contributed by atoms with Gasteiger partial charge in [0.1, 0.15) is 11.5 Å². The molecule has 0 bridgehead atoms. The number of aromatic hydroxyl groups is 1. The number of halogens is 2. The minimum atomic E-state index is -0.384. The Morgan fingerprint density at radius 2 is 1.92 bits per heavy atom. The van der Waals surface area contributed by atoms with Gasteiger partial charge in [0.2, 0.25) is 0 Å². The van der Waals surface area contributed by atoms with Gasteiger partial charge >= 0.3 is 0 Å². The average molecular weight is 367 g/mol. The van der Waals surface area contributed by atoms with Gasteiger partial charge in [0.05, 0.1) is 17.3 Å². The quantitative estimate of drug-likeness (QED) is 0.613. The summed E-state index contributed by atoms with van der Waals surface area (Å²) in [6.45, 7) is 4.07. The fourth-order valence-electron chi connectivity index (χ4n) is 1.97. The van der Waals surface area contributed by atoms with Crippen LogP contribution >= 0.6 is 23.2 Å². The predicted molar refractivity (Wildman–Crippen MR) is 95.4 cm³/mol. The molecule has 1 amide bonds. The van der Waals surface area contributed by atoms with Crippen molar-refractivity contribution in [1.29, 1.82) is 0 Å². The second-order valence-corrected chi connectivity index (χ2v) is 5.72. The lowest BCUT2D eigenvalue weighted by Gasteiger charge is -2.08. The molecule has 2 aromatic carbocycles. The lowest BCUT2D eigenvalue weighted by atomic mass is 10.1. The average Bonchev–Trinajstić information content (AvgIpc) is 2.56. The first-order chi connectivity index (χ1) is 11.4. The zero-order valence-electron chi connectivity index (χ0n) is 13.1. The van der Waals surface area contributed by atoms with E-state index in [1.165, 1.54) is 12.1 Å². The van der Waals surface area contributed by atoms with E-state index in [-0.39, 0.29) is 16.7 Å². The molecule has 2 rings (SSSR count). The Labute approximate surface area is 149 Å². The summed E-state index contributed by atoms with van der Waals surface area (Å²) >= 11 is 11.8. The number of nitrogens with one attached hydrogen (secondary N) is 1. The summed E-state index contributed by atoms with van der Waals surface area (Å²) < 4.78 is 5.32. The predicted octanol–water partition coefficient (Wildman–Crippen LogP) is 4.25. The van der Waals surface area contributed by atoms with Crippen molar-refractivity contribution in [2.75, 3.05) is 6.61 Å². The first kappa shape index (κ1) is 18.1. The molecule has 0 aliphatic heterocycles. The van der Waals surface area contributed by atoms with E-state index < -0.39 is 0 Å². The summed E-state index contributed by atoms with van der Waals surface area (Å²) in [5.41, 5.74) is 3.58. The number of phenolic OH excluding ortho intramolecular Hbond substituents is 1. The molecular formula is C17H16Cl2N2O3. The molecule has 0 radical (unpaired) electrons. The van der Waals surface area contributed by atoms with Gasteiger partial charge in [-0.1, -0.05) is 23.2 Å². The van der Waals surface area contributed by atoms with Crippen LogP contribution < -0.4 is 10.2 Å². The number of hydrogen-bond acceptors (Lipinski definition) is 4. The first-order valence-electron chi connectivity index (χ1n) is 7.18. The van der Waals surface area contributed by atoms with Gasteiger partial charge in [-0.05, 0) is 50.2 Å². The van der Waals surface area contributed by atoms with E-state index in [4.69, 9.17) is 27.9 Å². The summed E-state index contributed by atoms with van der Waals surface area (Å²) in [5.74, 6) is 0.162. The van der Waals surface area contributed by atoms with Crippen LogP contribution in [0.15, 0.2) is 41.5 Å². The molecule has 0 aliphatic carbocycles. The smallest absolute Gasteiger partial charge is 0.271 e. The number of hydrogen-bond donors (Lipinski definition) is 2. The van der Waals surface area contributed by atoms with Gasteiger partial charge in [-0.2, -0.15) is 5.10 Å². The Morgan fingerprint density at radius 3 is 2.54 bits per heavy atom. The third kappa shape index (κ3) is 4.40. The molecule has 0 aliphatic rings. The molecule has 7 heteroatoms. The molecule has 0 saturated heterocycles. The zero-order chi connectivity index (χ0) is 17.7. The van der Waals surface area contributed by atoms with Crippen molar-refractivity contribution in [3.05, 3.63) is 57.6 Å². The van der Waals surface area contributed by atoms with Crippen molar-refractivity contribution in [2.45, 2.75) is 13.8 Å². The third-order valence-corrected chi connectivity index (χ3v) is 3.68. The number of benzene rings is 2. The number of rotatable bonds is 5. The third-order valence-electron chi connectivity index (χ3n) is 3.17. The monoisotopic (exact) mass is 366 g/mol. The Hall–Kier alpha value is -2.24. The molecule has 126 valence electrons. The summed E-state index contributed by atoms with van der Waals surface area (Å²) in [5, 5.41) is 14.4. The number of hydrazone groups is 1. The lowest BCUT2D eigenvalue weighted by molar-refractivity contribution is 0.0955. The molecule has 0 spiro atoms. The maximum Gasteiger partial charge on any atom is 0.271 e. The van der Waals surface area contributed by atoms with Crippen LogP contribution in [0, 0.1) is 0 Å². The molecule has 0 heterocycles. The summed E-state index contributed by atoms with van der Waals surface area (Å²) in [6, 6.07) is 9.63. The van der Waals surface area contributed by atoms with E-state index in [2.05, 4.69) is 10.5 Å². The molecule has 5 nitrogen and oxygen atoms in total. The normalized spacial score (nSPS) is 11.2. The number of ether oxygens (including phenoxy) is 1. The van der Waals surface area contributed by atoms with Crippen molar-refractivity contribution >= 4 is 34.8 Å². The molecular weight excluding hydrogens is 351 g/mol. The fraction of sp³-hybridized carbons (Fsp3) is 0.176. The van der Waals surface area contributed by atoms with Crippen LogP contribution in [-0.4, -0.2) is 23.3 Å².